The van der Waals surface area contributed by atoms with Crippen molar-refractivity contribution in [2.24, 2.45) is 0 Å². The van der Waals surface area contributed by atoms with Crippen molar-refractivity contribution >= 4 is 8.32 Å². The van der Waals surface area contributed by atoms with Crippen molar-refractivity contribution in [1.29, 1.82) is 0 Å². The molecule has 0 unspecified atom stereocenters. The van der Waals surface area contributed by atoms with Crippen LogP contribution in [0.15, 0.2) is 0 Å². The number of hydrogen-bond acceptors (Lipinski definition) is 4. The van der Waals surface area contributed by atoms with Gasteiger partial charge in [0, 0.05) is 7.11 Å². The number of methoxy groups -OCH3 is 1. The Morgan fingerprint density at radius 2 is 1.68 bits per heavy atom. The predicted molar refractivity (Wildman–Crippen MR) is 96.4 cm³/mol. The largest absolute Gasteiger partial charge is 2.00 e. The number of rotatable bonds is 5. The first kappa shape index (κ1) is 23.6. The minimum absolute atomic E-state index is 0. The van der Waals surface area contributed by atoms with Crippen LogP contribution in [0.3, 0.4) is 0 Å². The molecule has 2 atom stereocenters. The fourth-order valence-corrected chi connectivity index (χ4v) is 3.26. The second kappa shape index (κ2) is 12.1. The standard InChI is InChI=1S/C14H23O4Si.C5H5.Fe/c1-15-10-11-8-9-16-14(17-11)12-6-5-7-13(12)18-19(2,3)4;1-2-4-5-3-1;/h5-7,11,14H,8-10H2,1-4H3;1-5H;/q;;+2/t11-,14-;;/m0../s1. The molecule has 0 aromatic rings. The van der Waals surface area contributed by atoms with Crippen molar-refractivity contribution in [3.05, 3.63) is 63.4 Å². The first-order valence-corrected chi connectivity index (χ1v) is 11.8. The molecule has 6 heteroatoms. The van der Waals surface area contributed by atoms with Crippen LogP contribution in [0.1, 0.15) is 6.42 Å². The Labute approximate surface area is 166 Å². The minimum atomic E-state index is -1.62. The van der Waals surface area contributed by atoms with E-state index in [-0.39, 0.29) is 29.5 Å². The molecule has 0 N–H and O–H groups in total. The van der Waals surface area contributed by atoms with E-state index in [1.807, 2.05) is 51.4 Å². The van der Waals surface area contributed by atoms with Crippen LogP contribution in [-0.2, 0) is 35.7 Å². The van der Waals surface area contributed by atoms with Crippen LogP contribution in [0.5, 0.6) is 0 Å². The van der Waals surface area contributed by atoms with Gasteiger partial charge in [0.1, 0.15) is 6.10 Å². The summed E-state index contributed by atoms with van der Waals surface area (Å²) >= 11 is 0. The van der Waals surface area contributed by atoms with Gasteiger partial charge in [0.25, 0.3) is 0 Å². The van der Waals surface area contributed by atoms with Crippen LogP contribution in [0.4, 0.5) is 0 Å². The van der Waals surface area contributed by atoms with Crippen molar-refractivity contribution in [3.8, 4) is 0 Å². The van der Waals surface area contributed by atoms with Crippen LogP contribution in [0.25, 0.3) is 0 Å². The third-order valence-electron chi connectivity index (χ3n) is 3.41. The number of ether oxygens (including phenoxy) is 3. The van der Waals surface area contributed by atoms with Gasteiger partial charge in [-0.3, -0.25) is 0 Å². The van der Waals surface area contributed by atoms with Gasteiger partial charge >= 0.3 is 17.1 Å². The van der Waals surface area contributed by atoms with Crippen molar-refractivity contribution in [1.82, 2.24) is 0 Å². The van der Waals surface area contributed by atoms with Gasteiger partial charge in [-0.15, -0.1) is 0 Å². The summed E-state index contributed by atoms with van der Waals surface area (Å²) < 4.78 is 22.8. The van der Waals surface area contributed by atoms with Crippen molar-refractivity contribution in [2.45, 2.75) is 38.5 Å². The summed E-state index contributed by atoms with van der Waals surface area (Å²) in [5.41, 5.74) is 0. The molecule has 0 spiro atoms. The van der Waals surface area contributed by atoms with Crippen molar-refractivity contribution < 1.29 is 35.7 Å². The molecule has 25 heavy (non-hydrogen) atoms. The quantitative estimate of drug-likeness (QED) is 0.659. The van der Waals surface area contributed by atoms with E-state index < -0.39 is 8.32 Å². The molecule has 4 nitrogen and oxygen atoms in total. The predicted octanol–water partition coefficient (Wildman–Crippen LogP) is 3.37. The SMILES string of the molecule is COC[C@@H]1CCO[C@H]([C]2[CH][CH][CH][C]2O[Si](C)(C)C)O1.[CH]1[CH][CH][CH][CH]1.[Fe+2]. The molecule has 2 aliphatic carbocycles. The van der Waals surface area contributed by atoms with E-state index in [1.165, 1.54) is 0 Å². The molecule has 1 heterocycles. The molecule has 0 aromatic heterocycles. The molecular formula is C19H28FeO4Si+2. The van der Waals surface area contributed by atoms with E-state index in [0.29, 0.717) is 13.2 Å². The summed E-state index contributed by atoms with van der Waals surface area (Å²) in [4.78, 5) is 0. The topological polar surface area (TPSA) is 36.9 Å². The second-order valence-corrected chi connectivity index (χ2v) is 11.2. The average molecular weight is 404 g/mol. The van der Waals surface area contributed by atoms with Crippen molar-refractivity contribution in [3.63, 3.8) is 0 Å². The van der Waals surface area contributed by atoms with E-state index in [0.717, 1.165) is 18.4 Å². The monoisotopic (exact) mass is 404 g/mol. The fraction of sp³-hybridized carbons (Fsp3) is 0.474. The Kier molecular flexibility index (Phi) is 11.4. The summed E-state index contributed by atoms with van der Waals surface area (Å²) in [7, 11) is 0.0659. The summed E-state index contributed by atoms with van der Waals surface area (Å²) in [5.74, 6) is 0.989. The third-order valence-corrected chi connectivity index (χ3v) is 4.24. The van der Waals surface area contributed by atoms with E-state index >= 15 is 0 Å². The molecule has 2 saturated carbocycles. The van der Waals surface area contributed by atoms with Crippen LogP contribution in [-0.4, -0.2) is 41.0 Å². The van der Waals surface area contributed by atoms with Gasteiger partial charge < -0.3 is 18.6 Å². The molecule has 3 rings (SSSR count). The average Bonchev–Trinajstić information content (AvgIpc) is 3.20. The van der Waals surface area contributed by atoms with E-state index in [9.17, 15) is 0 Å². The van der Waals surface area contributed by atoms with Crippen LogP contribution < -0.4 is 0 Å². The minimum Gasteiger partial charge on any atom is -0.408 e. The molecule has 3 aliphatic rings. The van der Waals surface area contributed by atoms with Gasteiger partial charge in [-0.05, 0) is 77.4 Å². The zero-order valence-corrected chi connectivity index (χ0v) is 17.5. The molecule has 0 bridgehead atoms. The molecule has 0 amide bonds. The Balaban J connectivity index is 0.000000448. The molecule has 1 saturated heterocycles. The van der Waals surface area contributed by atoms with Gasteiger partial charge in [0.05, 0.1) is 25.2 Å². The smallest absolute Gasteiger partial charge is 0.408 e. The maximum Gasteiger partial charge on any atom is 2.00 e. The summed E-state index contributed by atoms with van der Waals surface area (Å²) in [6, 6.07) is 0. The van der Waals surface area contributed by atoms with Gasteiger partial charge in [-0.1, -0.05) is 0 Å². The van der Waals surface area contributed by atoms with Gasteiger partial charge in [0.2, 0.25) is 0 Å². The first-order chi connectivity index (χ1) is 11.5. The summed E-state index contributed by atoms with van der Waals surface area (Å²) in [5, 5.41) is 0. The van der Waals surface area contributed by atoms with E-state index in [2.05, 4.69) is 19.6 Å². The fourth-order valence-electron chi connectivity index (χ4n) is 2.42. The molecule has 3 fully saturated rings. The number of hydrogen-bond donors (Lipinski definition) is 0. The maximum atomic E-state index is 6.07. The van der Waals surface area contributed by atoms with Crippen LogP contribution in [0.2, 0.25) is 19.6 Å². The van der Waals surface area contributed by atoms with Crippen molar-refractivity contribution in [2.75, 3.05) is 20.3 Å². The Morgan fingerprint density at radius 3 is 2.24 bits per heavy atom. The van der Waals surface area contributed by atoms with E-state index in [4.69, 9.17) is 18.6 Å². The maximum absolute atomic E-state index is 6.07. The molecular weight excluding hydrogens is 376 g/mol. The zero-order chi connectivity index (χ0) is 17.4. The Morgan fingerprint density at radius 1 is 1.04 bits per heavy atom. The van der Waals surface area contributed by atoms with Crippen LogP contribution in [0, 0.1) is 63.4 Å². The van der Waals surface area contributed by atoms with Gasteiger partial charge in [-0.25, -0.2) is 0 Å². The van der Waals surface area contributed by atoms with Crippen LogP contribution >= 0.6 is 0 Å². The molecule has 10 radical (unpaired) electrons. The molecule has 138 valence electrons. The Hall–Kier alpha value is 0.576. The molecule has 1 aliphatic heterocycles. The summed E-state index contributed by atoms with van der Waals surface area (Å²) in [6.07, 6.45) is 17.5. The Bertz CT molecular complexity index is 337. The van der Waals surface area contributed by atoms with Gasteiger partial charge in [-0.2, -0.15) is 0 Å². The zero-order valence-electron chi connectivity index (χ0n) is 15.4. The first-order valence-electron chi connectivity index (χ1n) is 8.37. The molecule has 0 aromatic carbocycles. The van der Waals surface area contributed by atoms with Gasteiger partial charge in [0.15, 0.2) is 14.6 Å². The summed E-state index contributed by atoms with van der Waals surface area (Å²) in [6.45, 7) is 7.79. The third kappa shape index (κ3) is 8.87. The second-order valence-electron chi connectivity index (χ2n) is 6.73. The normalized spacial score (nSPS) is 28.3. The van der Waals surface area contributed by atoms with E-state index in [1.54, 1.807) is 7.11 Å².